The zero-order valence-corrected chi connectivity index (χ0v) is 13.0. The van der Waals surface area contributed by atoms with Gasteiger partial charge < -0.3 is 14.5 Å². The third kappa shape index (κ3) is 3.28. The van der Waals surface area contributed by atoms with Gasteiger partial charge in [-0.05, 0) is 38.9 Å². The van der Waals surface area contributed by atoms with Crippen LogP contribution in [-0.2, 0) is 14.8 Å². The van der Waals surface area contributed by atoms with Crippen LogP contribution in [0.1, 0.15) is 30.3 Å². The van der Waals surface area contributed by atoms with E-state index in [1.165, 1.54) is 16.4 Å². The van der Waals surface area contributed by atoms with Gasteiger partial charge in [0.2, 0.25) is 10.9 Å². The SMILES string of the molecule is CCOC(=O)c1ccc(S(=O)(=O)N2CCCC2CNC)o1. The van der Waals surface area contributed by atoms with Crippen molar-refractivity contribution in [1.82, 2.24) is 9.62 Å². The molecule has 1 atom stereocenters. The maximum absolute atomic E-state index is 12.6. The number of furan rings is 1. The van der Waals surface area contributed by atoms with E-state index in [2.05, 4.69) is 5.32 Å². The van der Waals surface area contributed by atoms with Crippen LogP contribution in [0.15, 0.2) is 21.6 Å². The van der Waals surface area contributed by atoms with Crippen LogP contribution >= 0.6 is 0 Å². The first kappa shape index (κ1) is 16.0. The molecule has 21 heavy (non-hydrogen) atoms. The summed E-state index contributed by atoms with van der Waals surface area (Å²) in [4.78, 5) is 11.5. The highest BCUT2D eigenvalue weighted by Gasteiger charge is 2.37. The standard InChI is InChI=1S/C13H20N2O5S/c1-3-19-13(16)11-6-7-12(20-11)21(17,18)15-8-4-5-10(15)9-14-2/h6-7,10,14H,3-5,8-9H2,1-2H3. The summed E-state index contributed by atoms with van der Waals surface area (Å²) in [6.45, 7) is 2.93. The van der Waals surface area contributed by atoms with Crippen LogP contribution in [0.5, 0.6) is 0 Å². The van der Waals surface area contributed by atoms with Gasteiger partial charge in [-0.2, -0.15) is 4.31 Å². The average Bonchev–Trinajstić information content (AvgIpc) is 3.08. The van der Waals surface area contributed by atoms with E-state index in [-0.39, 0.29) is 23.5 Å². The third-order valence-corrected chi connectivity index (χ3v) is 5.21. The first-order valence-electron chi connectivity index (χ1n) is 6.94. The minimum Gasteiger partial charge on any atom is -0.460 e. The van der Waals surface area contributed by atoms with Crippen LogP contribution in [0.4, 0.5) is 0 Å². The number of carbonyl (C=O) groups excluding carboxylic acids is 1. The van der Waals surface area contributed by atoms with Crippen LogP contribution in [0.25, 0.3) is 0 Å². The number of likely N-dealkylation sites (N-methyl/N-ethyl adjacent to an activating group) is 1. The molecule has 1 aromatic heterocycles. The monoisotopic (exact) mass is 316 g/mol. The predicted molar refractivity (Wildman–Crippen MR) is 75.5 cm³/mol. The molecule has 0 spiro atoms. The van der Waals surface area contributed by atoms with E-state index in [9.17, 15) is 13.2 Å². The van der Waals surface area contributed by atoms with Crippen molar-refractivity contribution in [2.45, 2.75) is 30.9 Å². The Labute approximate surface area is 124 Å². The van der Waals surface area contributed by atoms with Crippen molar-refractivity contribution in [2.75, 3.05) is 26.7 Å². The number of ether oxygens (including phenoxy) is 1. The van der Waals surface area contributed by atoms with Gasteiger partial charge in [-0.3, -0.25) is 0 Å². The molecular weight excluding hydrogens is 296 g/mol. The van der Waals surface area contributed by atoms with E-state index in [4.69, 9.17) is 9.15 Å². The van der Waals surface area contributed by atoms with Gasteiger partial charge in [-0.15, -0.1) is 0 Å². The van der Waals surface area contributed by atoms with Gasteiger partial charge in [0.05, 0.1) is 6.61 Å². The highest BCUT2D eigenvalue weighted by molar-refractivity contribution is 7.89. The molecule has 2 rings (SSSR count). The second kappa shape index (κ2) is 6.59. The van der Waals surface area contributed by atoms with Crippen molar-refractivity contribution >= 4 is 16.0 Å². The Kier molecular flexibility index (Phi) is 5.02. The van der Waals surface area contributed by atoms with Crippen molar-refractivity contribution < 1.29 is 22.4 Å². The van der Waals surface area contributed by atoms with Gasteiger partial charge in [-0.1, -0.05) is 0 Å². The van der Waals surface area contributed by atoms with Gasteiger partial charge in [0.25, 0.3) is 10.0 Å². The fourth-order valence-electron chi connectivity index (χ4n) is 2.45. The Balaban J connectivity index is 2.21. The first-order valence-corrected chi connectivity index (χ1v) is 8.38. The number of rotatable bonds is 6. The number of nitrogens with zero attached hydrogens (tertiary/aromatic N) is 1. The Morgan fingerprint density at radius 3 is 2.95 bits per heavy atom. The quantitative estimate of drug-likeness (QED) is 0.782. The maximum atomic E-state index is 12.6. The zero-order chi connectivity index (χ0) is 15.5. The van der Waals surface area contributed by atoms with E-state index in [0.29, 0.717) is 13.1 Å². The summed E-state index contributed by atoms with van der Waals surface area (Å²) in [7, 11) is -1.93. The van der Waals surface area contributed by atoms with Crippen molar-refractivity contribution in [3.63, 3.8) is 0 Å². The maximum Gasteiger partial charge on any atom is 0.374 e. The summed E-state index contributed by atoms with van der Waals surface area (Å²) >= 11 is 0. The second-order valence-electron chi connectivity index (χ2n) is 4.81. The molecule has 1 aromatic rings. The lowest BCUT2D eigenvalue weighted by Gasteiger charge is -2.22. The molecule has 0 aliphatic carbocycles. The van der Waals surface area contributed by atoms with Gasteiger partial charge >= 0.3 is 5.97 Å². The summed E-state index contributed by atoms with van der Waals surface area (Å²) < 4.78 is 36.5. The Bertz CT molecular complexity index is 595. The van der Waals surface area contributed by atoms with Crippen molar-refractivity contribution in [3.05, 3.63) is 17.9 Å². The van der Waals surface area contributed by atoms with Crippen molar-refractivity contribution in [1.29, 1.82) is 0 Å². The van der Waals surface area contributed by atoms with Crippen LogP contribution in [-0.4, -0.2) is 51.5 Å². The molecule has 1 unspecified atom stereocenters. The van der Waals surface area contributed by atoms with Crippen LogP contribution in [0.2, 0.25) is 0 Å². The summed E-state index contributed by atoms with van der Waals surface area (Å²) in [6, 6.07) is 2.54. The lowest BCUT2D eigenvalue weighted by Crippen LogP contribution is -2.40. The van der Waals surface area contributed by atoms with E-state index in [1.807, 2.05) is 0 Å². The minimum atomic E-state index is -3.72. The van der Waals surface area contributed by atoms with E-state index in [1.54, 1.807) is 14.0 Å². The molecule has 0 radical (unpaired) electrons. The molecule has 0 amide bonds. The van der Waals surface area contributed by atoms with Gasteiger partial charge in [0.1, 0.15) is 0 Å². The minimum absolute atomic E-state index is 0.0869. The molecule has 0 bridgehead atoms. The molecule has 1 aliphatic rings. The van der Waals surface area contributed by atoms with Crippen molar-refractivity contribution in [2.24, 2.45) is 0 Å². The number of hydrogen-bond acceptors (Lipinski definition) is 6. The number of nitrogens with one attached hydrogen (secondary N) is 1. The molecule has 1 saturated heterocycles. The molecule has 0 aromatic carbocycles. The Hall–Kier alpha value is -1.38. The molecular formula is C13H20N2O5S. The van der Waals surface area contributed by atoms with Crippen LogP contribution < -0.4 is 5.32 Å². The smallest absolute Gasteiger partial charge is 0.374 e. The largest absolute Gasteiger partial charge is 0.460 e. The zero-order valence-electron chi connectivity index (χ0n) is 12.2. The normalized spacial score (nSPS) is 19.8. The summed E-state index contributed by atoms with van der Waals surface area (Å²) in [5, 5.41) is 2.78. The van der Waals surface area contributed by atoms with Gasteiger partial charge in [0.15, 0.2) is 0 Å². The lowest BCUT2D eigenvalue weighted by atomic mass is 10.2. The van der Waals surface area contributed by atoms with E-state index in [0.717, 1.165) is 12.8 Å². The van der Waals surface area contributed by atoms with E-state index < -0.39 is 16.0 Å². The highest BCUT2D eigenvalue weighted by Crippen LogP contribution is 2.27. The third-order valence-electron chi connectivity index (χ3n) is 3.38. The topological polar surface area (TPSA) is 88.9 Å². The van der Waals surface area contributed by atoms with Crippen molar-refractivity contribution in [3.8, 4) is 0 Å². The average molecular weight is 316 g/mol. The number of carbonyl (C=O) groups is 1. The number of sulfonamides is 1. The predicted octanol–water partition coefficient (Wildman–Crippen LogP) is 0.829. The fourth-order valence-corrected chi connectivity index (χ4v) is 4.06. The molecule has 7 nitrogen and oxygen atoms in total. The van der Waals surface area contributed by atoms with Crippen LogP contribution in [0.3, 0.4) is 0 Å². The molecule has 1 aliphatic heterocycles. The number of esters is 1. The Morgan fingerprint density at radius 1 is 1.52 bits per heavy atom. The fraction of sp³-hybridized carbons (Fsp3) is 0.615. The molecule has 8 heteroatoms. The Morgan fingerprint density at radius 2 is 2.29 bits per heavy atom. The van der Waals surface area contributed by atoms with Gasteiger partial charge in [0, 0.05) is 19.1 Å². The molecule has 2 heterocycles. The first-order chi connectivity index (χ1) is 10.0. The van der Waals surface area contributed by atoms with Gasteiger partial charge in [-0.25, -0.2) is 13.2 Å². The summed E-state index contributed by atoms with van der Waals surface area (Å²) in [5.74, 6) is -0.757. The van der Waals surface area contributed by atoms with E-state index >= 15 is 0 Å². The molecule has 1 fully saturated rings. The summed E-state index contributed by atoms with van der Waals surface area (Å²) in [6.07, 6.45) is 1.63. The molecule has 1 N–H and O–H groups in total. The molecule has 0 saturated carbocycles. The number of hydrogen-bond donors (Lipinski definition) is 1. The molecule has 118 valence electrons. The summed E-state index contributed by atoms with van der Waals surface area (Å²) in [5.41, 5.74) is 0. The lowest BCUT2D eigenvalue weighted by molar-refractivity contribution is 0.0483. The second-order valence-corrected chi connectivity index (χ2v) is 6.63. The highest BCUT2D eigenvalue weighted by atomic mass is 32.2. The van der Waals surface area contributed by atoms with Crippen LogP contribution in [0, 0.1) is 0 Å².